The Morgan fingerprint density at radius 1 is 1.00 bits per heavy atom. The highest BCUT2D eigenvalue weighted by Gasteiger charge is 2.28. The fraction of sp³-hybridized carbons (Fsp3) is 0.235. The second-order valence-electron chi connectivity index (χ2n) is 5.60. The Kier molecular flexibility index (Phi) is 4.92. The molecule has 2 rings (SSSR count). The van der Waals surface area contributed by atoms with Gasteiger partial charge in [-0.1, -0.05) is 73.4 Å². The van der Waals surface area contributed by atoms with Crippen LogP contribution in [0.3, 0.4) is 0 Å². The van der Waals surface area contributed by atoms with Crippen LogP contribution in [0.5, 0.6) is 0 Å². The third-order valence-electron chi connectivity index (χ3n) is 3.30. The van der Waals surface area contributed by atoms with Crippen LogP contribution in [-0.2, 0) is 11.2 Å². The molecule has 1 N–H and O–H groups in total. The third-order valence-corrected chi connectivity index (χ3v) is 3.93. The Morgan fingerprint density at radius 3 is 2.14 bits per heavy atom. The monoisotopic (exact) mass is 321 g/mol. The lowest BCUT2D eigenvalue weighted by Crippen LogP contribution is -2.32. The van der Waals surface area contributed by atoms with Crippen molar-refractivity contribution >= 4 is 34.8 Å². The van der Waals surface area contributed by atoms with E-state index in [2.05, 4.69) is 5.32 Å². The van der Waals surface area contributed by atoms with E-state index >= 15 is 0 Å². The molecule has 0 spiro atoms. The van der Waals surface area contributed by atoms with Gasteiger partial charge < -0.3 is 5.32 Å². The van der Waals surface area contributed by atoms with Crippen LogP contribution < -0.4 is 5.32 Å². The van der Waals surface area contributed by atoms with Crippen molar-refractivity contribution in [2.45, 2.75) is 20.3 Å². The molecule has 0 saturated carbocycles. The quantitative estimate of drug-likeness (QED) is 0.823. The Hall–Kier alpha value is -1.51. The smallest absolute Gasteiger partial charge is 0.230 e. The summed E-state index contributed by atoms with van der Waals surface area (Å²) < 4.78 is 0. The fourth-order valence-corrected chi connectivity index (χ4v) is 2.58. The minimum atomic E-state index is -0.566. The summed E-state index contributed by atoms with van der Waals surface area (Å²) in [5.41, 5.74) is 1.01. The van der Waals surface area contributed by atoms with Crippen LogP contribution in [-0.4, -0.2) is 5.91 Å². The van der Waals surface area contributed by atoms with Gasteiger partial charge in [-0.05, 0) is 24.1 Å². The number of anilines is 1. The van der Waals surface area contributed by atoms with Crippen molar-refractivity contribution in [3.8, 4) is 0 Å². The molecule has 0 aliphatic carbocycles. The maximum Gasteiger partial charge on any atom is 0.230 e. The number of hydrogen-bond acceptors (Lipinski definition) is 1. The minimum Gasteiger partial charge on any atom is -0.323 e. The van der Waals surface area contributed by atoms with Crippen molar-refractivity contribution in [1.82, 2.24) is 0 Å². The molecule has 0 aliphatic rings. The lowest BCUT2D eigenvalue weighted by atomic mass is 9.84. The van der Waals surface area contributed by atoms with Gasteiger partial charge in [0.2, 0.25) is 5.91 Å². The lowest BCUT2D eigenvalue weighted by molar-refractivity contribution is -0.123. The molecule has 0 unspecified atom stereocenters. The number of amides is 1. The van der Waals surface area contributed by atoms with E-state index in [1.54, 1.807) is 18.2 Å². The minimum absolute atomic E-state index is 0.110. The van der Waals surface area contributed by atoms with E-state index in [4.69, 9.17) is 23.2 Å². The van der Waals surface area contributed by atoms with Gasteiger partial charge in [-0.25, -0.2) is 0 Å². The summed E-state index contributed by atoms with van der Waals surface area (Å²) in [6.45, 7) is 3.81. The topological polar surface area (TPSA) is 29.1 Å². The normalized spacial score (nSPS) is 11.2. The molecule has 2 nitrogen and oxygen atoms in total. The number of carbonyl (C=O) groups is 1. The first-order valence-corrected chi connectivity index (χ1v) is 7.45. The van der Waals surface area contributed by atoms with Crippen molar-refractivity contribution in [3.05, 3.63) is 64.1 Å². The van der Waals surface area contributed by atoms with E-state index < -0.39 is 5.41 Å². The van der Waals surface area contributed by atoms with Crippen LogP contribution in [0, 0.1) is 5.41 Å². The van der Waals surface area contributed by atoms with Crippen LogP contribution in [0.2, 0.25) is 10.0 Å². The van der Waals surface area contributed by atoms with Crippen LogP contribution in [0.1, 0.15) is 19.4 Å². The SMILES string of the molecule is CC(C)(Cc1ccccc1)C(=O)Nc1c(Cl)cccc1Cl. The standard InChI is InChI=1S/C17H17Cl2NO/c1-17(2,11-12-7-4-3-5-8-12)16(21)20-15-13(18)9-6-10-14(15)19/h3-10H,11H2,1-2H3,(H,20,21). The number of benzene rings is 2. The lowest BCUT2D eigenvalue weighted by Gasteiger charge is -2.24. The first kappa shape index (κ1) is 15.9. The summed E-state index contributed by atoms with van der Waals surface area (Å²) in [4.78, 5) is 12.5. The number of halogens is 2. The first-order valence-electron chi connectivity index (χ1n) is 6.69. The largest absolute Gasteiger partial charge is 0.323 e. The average Bonchev–Trinajstić information content (AvgIpc) is 2.43. The van der Waals surface area contributed by atoms with Crippen molar-refractivity contribution in [2.75, 3.05) is 5.32 Å². The van der Waals surface area contributed by atoms with Gasteiger partial charge in [-0.2, -0.15) is 0 Å². The van der Waals surface area contributed by atoms with Gasteiger partial charge >= 0.3 is 0 Å². The summed E-state index contributed by atoms with van der Waals surface area (Å²) >= 11 is 12.2. The molecule has 0 atom stereocenters. The van der Waals surface area contributed by atoms with Crippen LogP contribution in [0.25, 0.3) is 0 Å². The molecule has 2 aromatic carbocycles. The first-order chi connectivity index (χ1) is 9.90. The molecular weight excluding hydrogens is 305 g/mol. The second-order valence-corrected chi connectivity index (χ2v) is 6.41. The van der Waals surface area contributed by atoms with E-state index in [-0.39, 0.29) is 5.91 Å². The molecule has 0 aliphatic heterocycles. The molecule has 0 bridgehead atoms. The number of para-hydroxylation sites is 1. The van der Waals surface area contributed by atoms with Crippen LogP contribution >= 0.6 is 23.2 Å². The molecule has 110 valence electrons. The number of rotatable bonds is 4. The summed E-state index contributed by atoms with van der Waals surface area (Å²) in [6.07, 6.45) is 0.641. The molecule has 21 heavy (non-hydrogen) atoms. The number of hydrogen-bond donors (Lipinski definition) is 1. The van der Waals surface area contributed by atoms with Crippen LogP contribution in [0.4, 0.5) is 5.69 Å². The summed E-state index contributed by atoms with van der Waals surface area (Å²) in [5.74, 6) is -0.110. The predicted molar refractivity (Wildman–Crippen MR) is 89.0 cm³/mol. The fourth-order valence-electron chi connectivity index (χ4n) is 2.09. The average molecular weight is 322 g/mol. The molecule has 0 radical (unpaired) electrons. The molecule has 0 saturated heterocycles. The zero-order valence-corrected chi connectivity index (χ0v) is 13.5. The van der Waals surface area contributed by atoms with E-state index in [1.807, 2.05) is 44.2 Å². The van der Waals surface area contributed by atoms with Crippen molar-refractivity contribution in [1.29, 1.82) is 0 Å². The van der Waals surface area contributed by atoms with E-state index in [0.29, 0.717) is 22.2 Å². The van der Waals surface area contributed by atoms with Crippen molar-refractivity contribution in [2.24, 2.45) is 5.41 Å². The van der Waals surface area contributed by atoms with Gasteiger partial charge in [0, 0.05) is 5.41 Å². The van der Waals surface area contributed by atoms with Crippen LogP contribution in [0.15, 0.2) is 48.5 Å². The van der Waals surface area contributed by atoms with Crippen molar-refractivity contribution < 1.29 is 4.79 Å². The van der Waals surface area contributed by atoms with Gasteiger partial charge in [-0.3, -0.25) is 4.79 Å². The summed E-state index contributed by atoms with van der Waals surface area (Å²) in [5, 5.41) is 3.71. The van der Waals surface area contributed by atoms with E-state index in [9.17, 15) is 4.79 Å². The molecule has 0 heterocycles. The Balaban J connectivity index is 2.15. The van der Waals surface area contributed by atoms with Gasteiger partial charge in [0.1, 0.15) is 0 Å². The molecule has 2 aromatic rings. The van der Waals surface area contributed by atoms with Gasteiger partial charge in [-0.15, -0.1) is 0 Å². The maximum atomic E-state index is 12.5. The molecule has 1 amide bonds. The molecule has 0 aromatic heterocycles. The Morgan fingerprint density at radius 2 is 1.57 bits per heavy atom. The van der Waals surface area contributed by atoms with E-state index in [0.717, 1.165) is 5.56 Å². The predicted octanol–water partition coefficient (Wildman–Crippen LogP) is 5.20. The molecule has 4 heteroatoms. The molecular formula is C17H17Cl2NO. The highest BCUT2D eigenvalue weighted by atomic mass is 35.5. The van der Waals surface area contributed by atoms with Gasteiger partial charge in [0.15, 0.2) is 0 Å². The summed E-state index contributed by atoms with van der Waals surface area (Å²) in [6, 6.07) is 15.1. The number of nitrogens with one attached hydrogen (secondary N) is 1. The summed E-state index contributed by atoms with van der Waals surface area (Å²) in [7, 11) is 0. The van der Waals surface area contributed by atoms with E-state index in [1.165, 1.54) is 0 Å². The third kappa shape index (κ3) is 3.99. The second kappa shape index (κ2) is 6.50. The maximum absolute atomic E-state index is 12.5. The van der Waals surface area contributed by atoms with Crippen molar-refractivity contribution in [3.63, 3.8) is 0 Å². The zero-order valence-electron chi connectivity index (χ0n) is 12.0. The zero-order chi connectivity index (χ0) is 15.5. The van der Waals surface area contributed by atoms with Gasteiger partial charge in [0.05, 0.1) is 15.7 Å². The highest BCUT2D eigenvalue weighted by molar-refractivity contribution is 6.39. The van der Waals surface area contributed by atoms with Gasteiger partial charge in [0.25, 0.3) is 0 Å². The molecule has 0 fully saturated rings. The number of carbonyl (C=O) groups excluding carboxylic acids is 1. The Bertz CT molecular complexity index is 618. The highest BCUT2D eigenvalue weighted by Crippen LogP contribution is 2.32. The Labute approximate surface area is 135 Å².